The molecule has 42 heavy (non-hydrogen) atoms. The number of carbonyl (C=O) groups is 1. The quantitative estimate of drug-likeness (QED) is 0.141. The van der Waals surface area contributed by atoms with E-state index < -0.39 is 0 Å². The van der Waals surface area contributed by atoms with E-state index in [1.54, 1.807) is 12.1 Å². The maximum absolute atomic E-state index is 13.2. The topological polar surface area (TPSA) is 67.5 Å². The number of hydrogen-bond acceptors (Lipinski definition) is 4. The SMILES string of the molecule is O=C(CCCC(c1ccccc1)c1ccccc1)c1ccc(-c2c3cc(Cl)c(=O)cc-3oc3cc(O)c(Cl)cc23)cc1. The van der Waals surface area contributed by atoms with Crippen molar-refractivity contribution in [3.05, 3.63) is 146 Å². The Morgan fingerprint density at radius 2 is 1.43 bits per heavy atom. The number of Topliss-reactive ketones (excluding diaryl/α,β-unsaturated/α-hetero) is 1. The van der Waals surface area contributed by atoms with Gasteiger partial charge in [-0.15, -0.1) is 0 Å². The highest BCUT2D eigenvalue weighted by Gasteiger charge is 2.21. The maximum Gasteiger partial charge on any atom is 0.200 e. The average Bonchev–Trinajstić information content (AvgIpc) is 3.01. The number of aromatic hydroxyl groups is 1. The van der Waals surface area contributed by atoms with Gasteiger partial charge in [0.2, 0.25) is 5.43 Å². The number of ketones is 1. The van der Waals surface area contributed by atoms with Crippen LogP contribution in [0.5, 0.6) is 5.75 Å². The van der Waals surface area contributed by atoms with Crippen LogP contribution in [-0.2, 0) is 0 Å². The van der Waals surface area contributed by atoms with E-state index in [9.17, 15) is 14.7 Å². The van der Waals surface area contributed by atoms with Crippen LogP contribution >= 0.6 is 23.2 Å². The van der Waals surface area contributed by atoms with E-state index in [1.807, 2.05) is 36.4 Å². The standard InChI is InChI=1S/C36H26Cl2O4/c37-29-18-27-34(20-32(29)40)42-35-21-33(41)30(38)19-28(35)36(27)25-16-14-24(15-17-25)31(39)13-7-12-26(22-8-3-1-4-9-22)23-10-5-2-6-11-23/h1-6,8-11,14-21,26,40H,7,12-13H2. The summed E-state index contributed by atoms with van der Waals surface area (Å²) in [5.74, 6) is 0.504. The number of hydrogen-bond donors (Lipinski definition) is 1. The molecule has 208 valence electrons. The molecule has 4 nitrogen and oxygen atoms in total. The molecule has 1 aliphatic heterocycles. The van der Waals surface area contributed by atoms with Crippen molar-refractivity contribution in [2.75, 3.05) is 0 Å². The van der Waals surface area contributed by atoms with E-state index >= 15 is 0 Å². The number of halogens is 2. The molecule has 0 spiro atoms. The van der Waals surface area contributed by atoms with Gasteiger partial charge < -0.3 is 9.52 Å². The number of rotatable bonds is 8. The Morgan fingerprint density at radius 3 is 2.07 bits per heavy atom. The molecule has 0 aromatic heterocycles. The lowest BCUT2D eigenvalue weighted by atomic mass is 9.86. The molecule has 4 aromatic rings. The van der Waals surface area contributed by atoms with Gasteiger partial charge in [-0.1, -0.05) is 108 Å². The summed E-state index contributed by atoms with van der Waals surface area (Å²) in [4.78, 5) is 25.5. The van der Waals surface area contributed by atoms with Crippen molar-refractivity contribution in [2.24, 2.45) is 0 Å². The first-order valence-corrected chi connectivity index (χ1v) is 14.5. The number of benzene rings is 5. The summed E-state index contributed by atoms with van der Waals surface area (Å²) in [6.45, 7) is 0. The van der Waals surface area contributed by atoms with Crippen molar-refractivity contribution in [2.45, 2.75) is 25.2 Å². The Hall–Kier alpha value is -4.38. The second-order valence-corrected chi connectivity index (χ2v) is 11.1. The van der Waals surface area contributed by atoms with E-state index in [2.05, 4.69) is 48.5 Å². The van der Waals surface area contributed by atoms with Gasteiger partial charge in [-0.05, 0) is 41.7 Å². The first kappa shape index (κ1) is 27.8. The fraction of sp³-hybridized carbons (Fsp3) is 0.111. The lowest BCUT2D eigenvalue weighted by Gasteiger charge is -2.18. The molecule has 0 atom stereocenters. The zero-order valence-corrected chi connectivity index (χ0v) is 24.0. The smallest absolute Gasteiger partial charge is 0.200 e. The summed E-state index contributed by atoms with van der Waals surface area (Å²) >= 11 is 12.5. The van der Waals surface area contributed by atoms with E-state index in [4.69, 9.17) is 27.6 Å². The van der Waals surface area contributed by atoms with E-state index in [0.717, 1.165) is 24.0 Å². The van der Waals surface area contributed by atoms with Gasteiger partial charge in [0.05, 0.1) is 10.0 Å². The molecule has 6 rings (SSSR count). The molecule has 0 amide bonds. The molecule has 0 radical (unpaired) electrons. The molecule has 4 aromatic carbocycles. The largest absolute Gasteiger partial charge is 0.506 e. The fourth-order valence-electron chi connectivity index (χ4n) is 5.54. The molecule has 0 fully saturated rings. The molecule has 1 aliphatic carbocycles. The third-order valence-corrected chi connectivity index (χ3v) is 8.24. The predicted molar refractivity (Wildman–Crippen MR) is 169 cm³/mol. The molecule has 0 unspecified atom stereocenters. The molecule has 0 bridgehead atoms. The van der Waals surface area contributed by atoms with E-state index in [0.29, 0.717) is 34.3 Å². The van der Waals surface area contributed by atoms with Crippen molar-refractivity contribution in [1.82, 2.24) is 0 Å². The summed E-state index contributed by atoms with van der Waals surface area (Å²) in [5.41, 5.74) is 5.27. The minimum atomic E-state index is -0.362. The van der Waals surface area contributed by atoms with Gasteiger partial charge >= 0.3 is 0 Å². The van der Waals surface area contributed by atoms with Crippen molar-refractivity contribution in [1.29, 1.82) is 0 Å². The molecule has 0 saturated carbocycles. The first-order valence-electron chi connectivity index (χ1n) is 13.7. The van der Waals surface area contributed by atoms with Crippen molar-refractivity contribution in [3.63, 3.8) is 0 Å². The van der Waals surface area contributed by atoms with Crippen LogP contribution in [0.4, 0.5) is 0 Å². The zero-order chi connectivity index (χ0) is 29.2. The Balaban J connectivity index is 1.27. The molecular formula is C36H26Cl2O4. The van der Waals surface area contributed by atoms with Crippen LogP contribution in [0.15, 0.2) is 118 Å². The summed E-state index contributed by atoms with van der Waals surface area (Å²) < 4.78 is 5.94. The Morgan fingerprint density at radius 1 is 0.786 bits per heavy atom. The molecule has 1 N–H and O–H groups in total. The number of phenolic OH excluding ortho intramolecular Hbond substituents is 1. The van der Waals surface area contributed by atoms with Gasteiger partial charge in [-0.3, -0.25) is 9.59 Å². The van der Waals surface area contributed by atoms with Gasteiger partial charge in [0.1, 0.15) is 17.1 Å². The second-order valence-electron chi connectivity index (χ2n) is 10.3. The highest BCUT2D eigenvalue weighted by Crippen LogP contribution is 2.43. The van der Waals surface area contributed by atoms with Gasteiger partial charge in [0.25, 0.3) is 0 Å². The van der Waals surface area contributed by atoms with E-state index in [-0.39, 0.29) is 32.9 Å². The van der Waals surface area contributed by atoms with Gasteiger partial charge in [-0.2, -0.15) is 0 Å². The van der Waals surface area contributed by atoms with Gasteiger partial charge in [-0.25, -0.2) is 0 Å². The number of phenols is 1. The maximum atomic E-state index is 13.2. The van der Waals surface area contributed by atoms with Gasteiger partial charge in [0, 0.05) is 46.5 Å². The van der Waals surface area contributed by atoms with Crippen molar-refractivity contribution < 1.29 is 14.3 Å². The highest BCUT2D eigenvalue weighted by molar-refractivity contribution is 6.33. The van der Waals surface area contributed by atoms with Gasteiger partial charge in [0.15, 0.2) is 5.78 Å². The predicted octanol–water partition coefficient (Wildman–Crippen LogP) is 9.76. The Bertz CT molecular complexity index is 1870. The van der Waals surface area contributed by atoms with Crippen LogP contribution in [0, 0.1) is 0 Å². The lowest BCUT2D eigenvalue weighted by Crippen LogP contribution is -2.04. The van der Waals surface area contributed by atoms with Crippen LogP contribution in [0.2, 0.25) is 10.0 Å². The normalized spacial score (nSPS) is 11.4. The minimum Gasteiger partial charge on any atom is -0.506 e. The summed E-state index contributed by atoms with van der Waals surface area (Å²) in [5, 5.41) is 11.1. The number of carbonyl (C=O) groups excluding carboxylic acids is 1. The van der Waals surface area contributed by atoms with Crippen molar-refractivity contribution in [3.8, 4) is 28.2 Å². The van der Waals surface area contributed by atoms with E-state index in [1.165, 1.54) is 23.3 Å². The second kappa shape index (κ2) is 11.8. The molecule has 1 heterocycles. The fourth-order valence-corrected chi connectivity index (χ4v) is 5.87. The summed E-state index contributed by atoms with van der Waals surface area (Å²) in [6, 6.07) is 34.1. The third-order valence-electron chi connectivity index (χ3n) is 7.64. The molecular weight excluding hydrogens is 567 g/mol. The lowest BCUT2D eigenvalue weighted by molar-refractivity contribution is 0.0979. The number of fused-ring (bicyclic) bond motifs is 2. The summed E-state index contributed by atoms with van der Waals surface area (Å²) in [7, 11) is 0. The highest BCUT2D eigenvalue weighted by atomic mass is 35.5. The van der Waals surface area contributed by atoms with Crippen LogP contribution in [0.3, 0.4) is 0 Å². The third kappa shape index (κ3) is 5.56. The summed E-state index contributed by atoms with van der Waals surface area (Å²) in [6.07, 6.45) is 2.05. The monoisotopic (exact) mass is 592 g/mol. The Labute approximate surface area is 253 Å². The molecule has 6 heteroatoms. The Kier molecular flexibility index (Phi) is 7.84. The van der Waals surface area contributed by atoms with Crippen LogP contribution < -0.4 is 5.43 Å². The van der Waals surface area contributed by atoms with Crippen LogP contribution in [0.25, 0.3) is 33.4 Å². The minimum absolute atomic E-state index is 0.0688. The van der Waals surface area contributed by atoms with Crippen LogP contribution in [-0.4, -0.2) is 10.9 Å². The van der Waals surface area contributed by atoms with Crippen LogP contribution in [0.1, 0.15) is 46.7 Å². The molecule has 0 saturated heterocycles. The molecule has 2 aliphatic rings. The van der Waals surface area contributed by atoms with Crippen molar-refractivity contribution >= 4 is 40.0 Å². The first-order chi connectivity index (χ1) is 20.4. The zero-order valence-electron chi connectivity index (χ0n) is 22.5. The average molecular weight is 594 g/mol.